The van der Waals surface area contributed by atoms with Crippen molar-refractivity contribution in [2.45, 2.75) is 121 Å². The summed E-state index contributed by atoms with van der Waals surface area (Å²) in [6.45, 7) is 9.86. The number of benzene rings is 1. The van der Waals surface area contributed by atoms with Crippen molar-refractivity contribution >= 4 is 65.2 Å². The van der Waals surface area contributed by atoms with Gasteiger partial charge in [-0.3, -0.25) is 43.3 Å². The highest BCUT2D eigenvalue weighted by atomic mass is 16.5. The number of allylic oxidation sites excluding steroid dienone is 2. The number of carbonyl (C=O) groups excluding carboxylic acids is 7. The first-order valence-corrected chi connectivity index (χ1v) is 22.8. The minimum atomic E-state index is -1.98. The zero-order chi connectivity index (χ0) is 53.5. The van der Waals surface area contributed by atoms with Gasteiger partial charge in [-0.05, 0) is 51.5 Å². The Morgan fingerprint density at radius 1 is 0.859 bits per heavy atom. The lowest BCUT2D eigenvalue weighted by molar-refractivity contribution is -0.144. The molecule has 0 saturated carbocycles. The Bertz CT molecular complexity index is 2200. The van der Waals surface area contributed by atoms with E-state index >= 15 is 0 Å². The van der Waals surface area contributed by atoms with Crippen molar-refractivity contribution in [3.63, 3.8) is 0 Å². The molecule has 1 aliphatic rings. The summed E-state index contributed by atoms with van der Waals surface area (Å²) in [6.07, 6.45) is 1.93. The zero-order valence-corrected chi connectivity index (χ0v) is 40.8. The van der Waals surface area contributed by atoms with Crippen LogP contribution in [0.15, 0.2) is 71.4 Å². The zero-order valence-electron chi connectivity index (χ0n) is 40.8. The van der Waals surface area contributed by atoms with Crippen LogP contribution in [0.1, 0.15) is 78.2 Å². The van der Waals surface area contributed by atoms with Crippen molar-refractivity contribution in [2.24, 2.45) is 28.3 Å². The van der Waals surface area contributed by atoms with Gasteiger partial charge in [-0.1, -0.05) is 74.6 Å². The molecule has 1 fully saturated rings. The molecule has 1 aromatic rings. The molecule has 7 amide bonds. The summed E-state index contributed by atoms with van der Waals surface area (Å²) in [7, 11) is 2.76. The smallest absolute Gasteiger partial charge is 0.326 e. The van der Waals surface area contributed by atoms with Crippen molar-refractivity contribution in [2.75, 3.05) is 20.7 Å². The number of aliphatic imine (C=N–C) groups is 1. The highest BCUT2D eigenvalue weighted by molar-refractivity contribution is 6.00. The van der Waals surface area contributed by atoms with Crippen molar-refractivity contribution in [3.05, 3.63) is 72.0 Å². The third-order valence-electron chi connectivity index (χ3n) is 11.4. The summed E-state index contributed by atoms with van der Waals surface area (Å²) < 4.78 is 5.77. The maximum atomic E-state index is 14.1. The molecule has 1 aliphatic heterocycles. The van der Waals surface area contributed by atoms with Crippen molar-refractivity contribution in [3.8, 4) is 0 Å². The summed E-state index contributed by atoms with van der Waals surface area (Å²) >= 11 is 0. The van der Waals surface area contributed by atoms with E-state index in [-0.39, 0.29) is 37.4 Å². The van der Waals surface area contributed by atoms with E-state index in [0.29, 0.717) is 12.0 Å². The molecular weight excluding hydrogens is 929 g/mol. The first kappa shape index (κ1) is 59.5. The number of nitrogens with two attached hydrogens (primary N) is 2. The van der Waals surface area contributed by atoms with Gasteiger partial charge in [0.05, 0.1) is 24.5 Å². The Hall–Kier alpha value is -7.63. The molecule has 13 N–H and O–H groups in total. The van der Waals surface area contributed by atoms with Gasteiger partial charge in [0.25, 0.3) is 5.91 Å². The van der Waals surface area contributed by atoms with Crippen LogP contribution in [0.4, 0.5) is 0 Å². The van der Waals surface area contributed by atoms with Crippen LogP contribution in [-0.2, 0) is 59.1 Å². The van der Waals surface area contributed by atoms with Gasteiger partial charge in [-0.15, -0.1) is 0 Å². The quantitative estimate of drug-likeness (QED) is 0.0317. The molecule has 1 heterocycles. The molecule has 1 aromatic carbocycles. The number of carbonyl (C=O) groups is 10. The second-order valence-electron chi connectivity index (χ2n) is 17.1. The van der Waals surface area contributed by atoms with Crippen LogP contribution in [0, 0.1) is 11.8 Å². The number of carboxylic acid groups (broad SMARTS) is 3. The Morgan fingerprint density at radius 3 is 2.06 bits per heavy atom. The second-order valence-corrected chi connectivity index (χ2v) is 17.1. The van der Waals surface area contributed by atoms with Crippen LogP contribution < -0.4 is 43.4 Å². The molecule has 390 valence electrons. The summed E-state index contributed by atoms with van der Waals surface area (Å²) in [4.78, 5) is 136. The van der Waals surface area contributed by atoms with Gasteiger partial charge in [-0.2, -0.15) is 0 Å². The topological polar surface area (TPSA) is 380 Å². The lowest BCUT2D eigenvalue weighted by Crippen LogP contribution is -2.56. The number of ether oxygens (including phenoxy) is 1. The van der Waals surface area contributed by atoms with Gasteiger partial charge in [-0.25, -0.2) is 9.59 Å². The van der Waals surface area contributed by atoms with Crippen LogP contribution in [-0.4, -0.2) is 148 Å². The summed E-state index contributed by atoms with van der Waals surface area (Å²) in [5.74, 6) is -13.2. The van der Waals surface area contributed by atoms with Crippen molar-refractivity contribution < 1.29 is 68.0 Å². The monoisotopic (exact) mass is 996 g/mol. The molecule has 0 spiro atoms. The first-order chi connectivity index (χ1) is 33.3. The van der Waals surface area contributed by atoms with E-state index in [0.717, 1.165) is 10.5 Å². The minimum absolute atomic E-state index is 0.0224. The molecule has 0 aliphatic carbocycles. The lowest BCUT2D eigenvalue weighted by atomic mass is 9.94. The van der Waals surface area contributed by atoms with Gasteiger partial charge in [0.1, 0.15) is 35.9 Å². The predicted molar refractivity (Wildman–Crippen MR) is 257 cm³/mol. The average molecular weight is 997 g/mol. The molecule has 0 radical (unpaired) electrons. The third-order valence-corrected chi connectivity index (χ3v) is 11.4. The molecule has 0 aromatic heterocycles. The van der Waals surface area contributed by atoms with E-state index in [1.54, 1.807) is 20.1 Å². The number of hydrogen-bond acceptors (Lipinski definition) is 12. The third kappa shape index (κ3) is 20.9. The number of methoxy groups -OCH3 is 1. The fourth-order valence-corrected chi connectivity index (χ4v) is 7.09. The lowest BCUT2D eigenvalue weighted by Gasteiger charge is -2.27. The van der Waals surface area contributed by atoms with Gasteiger partial charge < -0.3 is 68.3 Å². The number of amides is 7. The van der Waals surface area contributed by atoms with Crippen LogP contribution in [0.3, 0.4) is 0 Å². The van der Waals surface area contributed by atoms with E-state index in [1.807, 2.05) is 43.3 Å². The van der Waals surface area contributed by atoms with Crippen molar-refractivity contribution in [1.82, 2.24) is 36.8 Å². The van der Waals surface area contributed by atoms with Gasteiger partial charge in [0.2, 0.25) is 35.4 Å². The molecule has 24 heteroatoms. The fraction of sp³-hybridized carbons (Fsp3) is 0.511. The number of nitrogens with one attached hydrogen (secondary N) is 6. The van der Waals surface area contributed by atoms with Crippen LogP contribution in [0.2, 0.25) is 0 Å². The van der Waals surface area contributed by atoms with Gasteiger partial charge in [0, 0.05) is 39.5 Å². The Kier molecular flexibility index (Phi) is 24.6. The predicted octanol–water partition coefficient (Wildman–Crippen LogP) is -0.809. The molecule has 0 bridgehead atoms. The van der Waals surface area contributed by atoms with Crippen molar-refractivity contribution in [1.29, 1.82) is 0 Å². The van der Waals surface area contributed by atoms with E-state index in [1.165, 1.54) is 27.0 Å². The van der Waals surface area contributed by atoms with E-state index < -0.39 is 139 Å². The number of rotatable bonds is 16. The fourth-order valence-electron chi connectivity index (χ4n) is 7.09. The minimum Gasteiger partial charge on any atom is -0.481 e. The molecular formula is C47H68N10O14. The summed E-state index contributed by atoms with van der Waals surface area (Å²) in [5.41, 5.74) is 12.0. The number of hydrogen-bond donors (Lipinski definition) is 11. The van der Waals surface area contributed by atoms with Crippen LogP contribution >= 0.6 is 0 Å². The van der Waals surface area contributed by atoms with E-state index in [9.17, 15) is 63.3 Å². The molecule has 9 atom stereocenters. The number of aliphatic carboxylic acids is 3. The Labute approximate surface area is 411 Å². The molecule has 71 heavy (non-hydrogen) atoms. The molecule has 2 rings (SSSR count). The van der Waals surface area contributed by atoms with Gasteiger partial charge in [0.15, 0.2) is 5.96 Å². The van der Waals surface area contributed by atoms with E-state index in [4.69, 9.17) is 16.2 Å². The number of carboxylic acids is 3. The first-order valence-electron chi connectivity index (χ1n) is 22.8. The van der Waals surface area contributed by atoms with Gasteiger partial charge >= 0.3 is 17.9 Å². The molecule has 24 nitrogen and oxygen atoms in total. The average Bonchev–Trinajstić information content (AvgIpc) is 3.31. The maximum absolute atomic E-state index is 14.1. The number of nitrogens with zero attached hydrogens (tertiary/aromatic N) is 2. The van der Waals surface area contributed by atoms with E-state index in [2.05, 4.69) is 43.5 Å². The highest BCUT2D eigenvalue weighted by Crippen LogP contribution is 2.18. The molecule has 9 unspecified atom stereocenters. The van der Waals surface area contributed by atoms with Crippen LogP contribution in [0.5, 0.6) is 0 Å². The number of likely N-dealkylation sites (N-methyl/N-ethyl adjacent to an activating group) is 1. The second kappa shape index (κ2) is 29.4. The Morgan fingerprint density at radius 2 is 1.46 bits per heavy atom. The molecule has 1 saturated heterocycles. The van der Waals surface area contributed by atoms with Crippen LogP contribution in [0.25, 0.3) is 0 Å². The maximum Gasteiger partial charge on any atom is 0.326 e. The largest absolute Gasteiger partial charge is 0.481 e. The standard InChI is InChI=1S/C47H68N10O14/c1-25(22-26(2)36(71-7)23-30-12-9-8-10-13-30)15-16-31-27(3)40(62)55-34(45(67)68)17-19-38(59)57(6)29(5)42(64)51-28(4)41(63)54-32(14-11-21-50-47(48)49)43(65)56-35(46(69)70)24-37(58)52-33(44(66)53-31)18-20-39(60)61/h8-10,12-13,15-16,22,26-28,31-36H,5,11,14,17-21,23-24H2,1-4,6-7H3,(H,51,64)(H,52,58)(H,53,66)(H,54,63)(H,55,62)(H,56,65)(H,60,61)(H,67,68)(H,69,70)(H4,48,49,50). The highest BCUT2D eigenvalue weighted by Gasteiger charge is 2.34. The number of guanidine groups is 1. The normalized spacial score (nSPS) is 24.1. The summed E-state index contributed by atoms with van der Waals surface area (Å²) in [6, 6.07) is 0.156. The SMILES string of the molecule is C=C1C(=O)NC(C)C(=O)NC(CCCN=C(N)N)C(=O)NC(C(=O)O)CC(=O)NC(CCC(=O)O)C(=O)NC(C=CC(C)=CC(C)C(Cc2ccccc2)OC)C(C)C(=O)NC(C(=O)O)CCC(=O)N1C. The summed E-state index contributed by atoms with van der Waals surface area (Å²) in [5, 5.41) is 44.0. The Balaban J connectivity index is 2.67.